The number of piperazine rings is 1. The molecule has 0 N–H and O–H groups in total. The minimum Gasteiger partial charge on any atom is -0.339 e. The van der Waals surface area contributed by atoms with Crippen LogP contribution in [0, 0.1) is 11.7 Å². The summed E-state index contributed by atoms with van der Waals surface area (Å²) >= 11 is 5.97. The molecule has 1 unspecified atom stereocenters. The molecular formula is C17H22ClFN2O2. The van der Waals surface area contributed by atoms with Gasteiger partial charge in [-0.1, -0.05) is 31.5 Å². The van der Waals surface area contributed by atoms with Gasteiger partial charge in [-0.15, -0.1) is 0 Å². The number of hydrogen-bond donors (Lipinski definition) is 0. The Bertz CT molecular complexity index is 606. The lowest BCUT2D eigenvalue weighted by Gasteiger charge is -2.40. The Morgan fingerprint density at radius 3 is 2.70 bits per heavy atom. The summed E-state index contributed by atoms with van der Waals surface area (Å²) in [6.07, 6.45) is 0.0704. The van der Waals surface area contributed by atoms with Gasteiger partial charge in [0.2, 0.25) is 11.8 Å². The van der Waals surface area contributed by atoms with E-state index in [1.807, 2.05) is 4.90 Å². The van der Waals surface area contributed by atoms with E-state index in [9.17, 15) is 14.0 Å². The fourth-order valence-electron chi connectivity index (χ4n) is 2.82. The highest BCUT2D eigenvalue weighted by Crippen LogP contribution is 2.20. The van der Waals surface area contributed by atoms with E-state index in [0.717, 1.165) is 0 Å². The molecule has 2 amide bonds. The van der Waals surface area contributed by atoms with Crippen LogP contribution in [0.15, 0.2) is 18.2 Å². The molecule has 2 rings (SSSR count). The molecule has 1 heterocycles. The number of rotatable bonds is 4. The van der Waals surface area contributed by atoms with Crippen LogP contribution in [-0.2, 0) is 16.0 Å². The Labute approximate surface area is 141 Å². The van der Waals surface area contributed by atoms with Crippen molar-refractivity contribution in [3.8, 4) is 0 Å². The van der Waals surface area contributed by atoms with E-state index < -0.39 is 11.9 Å². The molecule has 23 heavy (non-hydrogen) atoms. The first kappa shape index (κ1) is 17.7. The van der Waals surface area contributed by atoms with Gasteiger partial charge in [-0.25, -0.2) is 4.39 Å². The van der Waals surface area contributed by atoms with Crippen molar-refractivity contribution in [2.75, 3.05) is 19.6 Å². The van der Waals surface area contributed by atoms with Crippen molar-refractivity contribution in [2.45, 2.75) is 33.2 Å². The first-order valence-electron chi connectivity index (χ1n) is 7.81. The average molecular weight is 341 g/mol. The molecule has 0 radical (unpaired) electrons. The van der Waals surface area contributed by atoms with Gasteiger partial charge >= 0.3 is 0 Å². The second-order valence-corrected chi connectivity index (χ2v) is 6.76. The molecule has 1 aliphatic heterocycles. The molecule has 1 saturated heterocycles. The maximum Gasteiger partial charge on any atom is 0.245 e. The number of carbonyl (C=O) groups is 2. The maximum atomic E-state index is 13.1. The van der Waals surface area contributed by atoms with Crippen molar-refractivity contribution in [1.82, 2.24) is 9.80 Å². The fourth-order valence-corrected chi connectivity index (χ4v) is 3.06. The van der Waals surface area contributed by atoms with Crippen LogP contribution in [0.2, 0.25) is 5.02 Å². The number of amides is 2. The van der Waals surface area contributed by atoms with E-state index >= 15 is 0 Å². The molecule has 0 aliphatic carbocycles. The summed E-state index contributed by atoms with van der Waals surface area (Å²) in [7, 11) is 0. The van der Waals surface area contributed by atoms with Crippen LogP contribution in [0.5, 0.6) is 0 Å². The maximum absolute atomic E-state index is 13.1. The molecule has 126 valence electrons. The fraction of sp³-hybridized carbons (Fsp3) is 0.529. The normalized spacial score (nSPS) is 18.7. The highest BCUT2D eigenvalue weighted by molar-refractivity contribution is 6.31. The van der Waals surface area contributed by atoms with E-state index in [-0.39, 0.29) is 23.3 Å². The Morgan fingerprint density at radius 2 is 2.09 bits per heavy atom. The topological polar surface area (TPSA) is 40.6 Å². The number of benzene rings is 1. The summed E-state index contributed by atoms with van der Waals surface area (Å²) in [4.78, 5) is 28.3. The number of nitrogens with zero attached hydrogens (tertiary/aromatic N) is 2. The monoisotopic (exact) mass is 340 g/mol. The third-order valence-corrected chi connectivity index (χ3v) is 4.36. The van der Waals surface area contributed by atoms with Crippen LogP contribution < -0.4 is 0 Å². The van der Waals surface area contributed by atoms with Crippen LogP contribution in [0.1, 0.15) is 26.3 Å². The van der Waals surface area contributed by atoms with Crippen LogP contribution in [0.4, 0.5) is 4.39 Å². The summed E-state index contributed by atoms with van der Waals surface area (Å²) in [5, 5.41) is 0.232. The number of halogens is 2. The van der Waals surface area contributed by atoms with Crippen molar-refractivity contribution >= 4 is 23.4 Å². The molecule has 1 aliphatic rings. The highest BCUT2D eigenvalue weighted by Gasteiger charge is 2.34. The standard InChI is InChI=1S/C17H22ClFN2O2/c1-11(2)10-20-6-7-21(12(3)17(20)23)16(22)8-13-4-5-14(19)9-15(13)18/h4-5,9,11-12H,6-8,10H2,1-3H3. The van der Waals surface area contributed by atoms with Gasteiger partial charge in [0.1, 0.15) is 11.9 Å². The smallest absolute Gasteiger partial charge is 0.245 e. The first-order chi connectivity index (χ1) is 10.8. The van der Waals surface area contributed by atoms with Gasteiger partial charge in [-0.3, -0.25) is 9.59 Å². The zero-order valence-electron chi connectivity index (χ0n) is 13.7. The van der Waals surface area contributed by atoms with Gasteiger partial charge < -0.3 is 9.80 Å². The second kappa shape index (κ2) is 7.30. The highest BCUT2D eigenvalue weighted by atomic mass is 35.5. The van der Waals surface area contributed by atoms with E-state index in [1.165, 1.54) is 18.2 Å². The molecule has 0 aromatic heterocycles. The molecule has 0 spiro atoms. The van der Waals surface area contributed by atoms with E-state index in [1.54, 1.807) is 11.8 Å². The SMILES string of the molecule is CC(C)CN1CCN(C(=O)Cc2ccc(F)cc2Cl)C(C)C1=O. The Hall–Kier alpha value is -1.62. The largest absolute Gasteiger partial charge is 0.339 e. The summed E-state index contributed by atoms with van der Waals surface area (Å²) in [5.41, 5.74) is 0.572. The Balaban J connectivity index is 2.04. The zero-order chi connectivity index (χ0) is 17.1. The third kappa shape index (κ3) is 4.22. The molecule has 1 fully saturated rings. The average Bonchev–Trinajstić information content (AvgIpc) is 2.46. The lowest BCUT2D eigenvalue weighted by atomic mass is 10.1. The lowest BCUT2D eigenvalue weighted by Crippen LogP contribution is -2.58. The van der Waals surface area contributed by atoms with Gasteiger partial charge in [0.05, 0.1) is 6.42 Å². The third-order valence-electron chi connectivity index (χ3n) is 4.01. The zero-order valence-corrected chi connectivity index (χ0v) is 14.4. The molecule has 1 atom stereocenters. The van der Waals surface area contributed by atoms with Gasteiger partial charge in [-0.05, 0) is 30.5 Å². The predicted molar refractivity (Wildman–Crippen MR) is 87.7 cm³/mol. The Morgan fingerprint density at radius 1 is 1.39 bits per heavy atom. The molecule has 0 bridgehead atoms. The van der Waals surface area contributed by atoms with Gasteiger partial charge in [0, 0.05) is 24.7 Å². The van der Waals surface area contributed by atoms with Crippen molar-refractivity contribution in [3.63, 3.8) is 0 Å². The summed E-state index contributed by atoms with van der Waals surface area (Å²) in [6.45, 7) is 7.63. The van der Waals surface area contributed by atoms with Gasteiger partial charge in [0.25, 0.3) is 0 Å². The van der Waals surface area contributed by atoms with Gasteiger partial charge in [-0.2, -0.15) is 0 Å². The quantitative estimate of drug-likeness (QED) is 0.845. The van der Waals surface area contributed by atoms with E-state index in [0.29, 0.717) is 31.1 Å². The van der Waals surface area contributed by atoms with Crippen LogP contribution in [-0.4, -0.2) is 47.3 Å². The molecule has 1 aromatic carbocycles. The van der Waals surface area contributed by atoms with Crippen molar-refractivity contribution in [2.24, 2.45) is 5.92 Å². The molecular weight excluding hydrogens is 319 g/mol. The summed E-state index contributed by atoms with van der Waals surface area (Å²) < 4.78 is 13.1. The van der Waals surface area contributed by atoms with E-state index in [2.05, 4.69) is 13.8 Å². The number of carbonyl (C=O) groups excluding carboxylic acids is 2. The Kier molecular flexibility index (Phi) is 5.63. The minimum atomic E-state index is -0.478. The van der Waals surface area contributed by atoms with Crippen LogP contribution in [0.3, 0.4) is 0 Å². The van der Waals surface area contributed by atoms with Crippen molar-refractivity contribution < 1.29 is 14.0 Å². The minimum absolute atomic E-state index is 0.0245. The lowest BCUT2D eigenvalue weighted by molar-refractivity contribution is -0.150. The first-order valence-corrected chi connectivity index (χ1v) is 8.19. The van der Waals surface area contributed by atoms with E-state index in [4.69, 9.17) is 11.6 Å². The summed E-state index contributed by atoms with van der Waals surface area (Å²) in [6, 6.07) is 3.51. The second-order valence-electron chi connectivity index (χ2n) is 6.35. The van der Waals surface area contributed by atoms with Gasteiger partial charge in [0.15, 0.2) is 0 Å². The summed E-state index contributed by atoms with van der Waals surface area (Å²) in [5.74, 6) is -0.226. The molecule has 1 aromatic rings. The van der Waals surface area contributed by atoms with Crippen molar-refractivity contribution in [3.05, 3.63) is 34.6 Å². The predicted octanol–water partition coefficient (Wildman–Crippen LogP) is 2.74. The molecule has 4 nitrogen and oxygen atoms in total. The van der Waals surface area contributed by atoms with Crippen LogP contribution >= 0.6 is 11.6 Å². The molecule has 0 saturated carbocycles. The van der Waals surface area contributed by atoms with Crippen molar-refractivity contribution in [1.29, 1.82) is 0 Å². The van der Waals surface area contributed by atoms with Crippen LogP contribution in [0.25, 0.3) is 0 Å². The number of hydrogen-bond acceptors (Lipinski definition) is 2. The molecule has 6 heteroatoms.